The van der Waals surface area contributed by atoms with E-state index < -0.39 is 41.4 Å². The highest BCUT2D eigenvalue weighted by atomic mass is 19.4. The van der Waals surface area contributed by atoms with Gasteiger partial charge in [-0.2, -0.15) is 13.2 Å². The van der Waals surface area contributed by atoms with Crippen LogP contribution in [0.4, 0.5) is 13.2 Å². The highest BCUT2D eigenvalue weighted by Gasteiger charge is 2.35. The molecule has 0 saturated heterocycles. The van der Waals surface area contributed by atoms with Crippen molar-refractivity contribution in [1.29, 1.82) is 0 Å². The molecule has 2 unspecified atom stereocenters. The van der Waals surface area contributed by atoms with Crippen molar-refractivity contribution in [1.82, 2.24) is 5.32 Å². The van der Waals surface area contributed by atoms with Crippen LogP contribution in [0.3, 0.4) is 0 Å². The van der Waals surface area contributed by atoms with Crippen LogP contribution in [0.15, 0.2) is 66.5 Å². The van der Waals surface area contributed by atoms with Gasteiger partial charge >= 0.3 is 18.1 Å². The van der Waals surface area contributed by atoms with Crippen molar-refractivity contribution in [3.8, 4) is 11.5 Å². The molecule has 0 saturated carbocycles. The molecular formula is C33H38F3NO7. The first-order valence-electron chi connectivity index (χ1n) is 14.6. The molecule has 238 valence electrons. The minimum absolute atomic E-state index is 0.0189. The molecule has 0 heterocycles. The molecule has 0 bridgehead atoms. The molecule has 0 aromatic heterocycles. The molecular weight excluding hydrogens is 579 g/mol. The summed E-state index contributed by atoms with van der Waals surface area (Å²) >= 11 is 0. The molecule has 44 heavy (non-hydrogen) atoms. The molecule has 3 rings (SSSR count). The third-order valence-electron chi connectivity index (χ3n) is 7.14. The Balaban J connectivity index is 1.54. The van der Waals surface area contributed by atoms with E-state index >= 15 is 0 Å². The molecule has 1 aliphatic rings. The second-order valence-electron chi connectivity index (χ2n) is 10.5. The van der Waals surface area contributed by atoms with E-state index in [1.54, 1.807) is 42.5 Å². The van der Waals surface area contributed by atoms with Gasteiger partial charge in [0.15, 0.2) is 0 Å². The van der Waals surface area contributed by atoms with Gasteiger partial charge in [-0.3, -0.25) is 4.79 Å². The second-order valence-corrected chi connectivity index (χ2v) is 10.5. The fourth-order valence-corrected chi connectivity index (χ4v) is 4.69. The van der Waals surface area contributed by atoms with Crippen molar-refractivity contribution in [2.45, 2.75) is 70.5 Å². The first-order valence-corrected chi connectivity index (χ1v) is 14.6. The number of hydrogen-bond acceptors (Lipinski definition) is 6. The molecule has 1 amide bonds. The van der Waals surface area contributed by atoms with Gasteiger partial charge in [-0.15, -0.1) is 0 Å². The lowest BCUT2D eigenvalue weighted by atomic mass is 9.95. The molecule has 0 aliphatic heterocycles. The van der Waals surface area contributed by atoms with E-state index in [9.17, 15) is 32.7 Å². The van der Waals surface area contributed by atoms with Crippen LogP contribution >= 0.6 is 0 Å². The number of carbonyl (C=O) groups excluding carboxylic acids is 2. The minimum atomic E-state index is -4.77. The molecule has 2 atom stereocenters. The number of hydrogen-bond donors (Lipinski definition) is 2. The number of ether oxygens (including phenoxy) is 3. The van der Waals surface area contributed by atoms with E-state index in [4.69, 9.17) is 14.2 Å². The number of carboxylic acids is 1. The van der Waals surface area contributed by atoms with Gasteiger partial charge in [0.25, 0.3) is 5.91 Å². The maximum Gasteiger partial charge on any atom is 0.419 e. The van der Waals surface area contributed by atoms with Crippen LogP contribution in [-0.2, 0) is 15.7 Å². The standard InChI is InChI=1S/C33H38F3NO7/c1-3-4-5-6-7-19-43-25-16-12-23(13-17-25)32(41)44-26-10-8-9-22(11-15-26)20-28(31(39)40)37-30(38)24-14-18-29(42-2)27(21-24)33(34,35)36/h10-18,21-22,28H,3-9,19-20H2,1-2H3,(H,37,38)(H,39,40). The Bertz CT molecular complexity index is 1340. The number of aliphatic carboxylic acids is 1. The fourth-order valence-electron chi connectivity index (χ4n) is 4.69. The Morgan fingerprint density at radius 3 is 2.39 bits per heavy atom. The van der Waals surface area contributed by atoms with Crippen molar-refractivity contribution in [2.75, 3.05) is 13.7 Å². The molecule has 2 N–H and O–H groups in total. The SMILES string of the molecule is CCCCCCCOc1ccc(C(=O)OC2=CCCC(CC(NC(=O)c3ccc(OC)c(C(F)(F)F)c3)C(=O)O)C=C2)cc1. The maximum atomic E-state index is 13.4. The summed E-state index contributed by atoms with van der Waals surface area (Å²) in [5.41, 5.74) is -1.15. The van der Waals surface area contributed by atoms with Crippen molar-refractivity contribution in [3.05, 3.63) is 83.1 Å². The molecule has 0 radical (unpaired) electrons. The van der Waals surface area contributed by atoms with Gasteiger partial charge in [-0.25, -0.2) is 9.59 Å². The lowest BCUT2D eigenvalue weighted by Crippen LogP contribution is -2.42. The highest BCUT2D eigenvalue weighted by Crippen LogP contribution is 2.36. The molecule has 2 aromatic carbocycles. The summed E-state index contributed by atoms with van der Waals surface area (Å²) in [6.45, 7) is 2.78. The molecule has 0 spiro atoms. The van der Waals surface area contributed by atoms with Gasteiger partial charge in [0, 0.05) is 5.56 Å². The highest BCUT2D eigenvalue weighted by molar-refractivity contribution is 5.97. The fraction of sp³-hybridized carbons (Fsp3) is 0.424. The van der Waals surface area contributed by atoms with Crippen LogP contribution in [0.2, 0.25) is 0 Å². The number of nitrogens with one attached hydrogen (secondary N) is 1. The lowest BCUT2D eigenvalue weighted by Gasteiger charge is -2.19. The number of rotatable bonds is 15. The quantitative estimate of drug-likeness (QED) is 0.159. The van der Waals surface area contributed by atoms with E-state index in [0.717, 1.165) is 32.1 Å². The summed E-state index contributed by atoms with van der Waals surface area (Å²) in [6.07, 6.45) is 6.84. The zero-order chi connectivity index (χ0) is 32.1. The van der Waals surface area contributed by atoms with E-state index in [-0.39, 0.29) is 17.9 Å². The minimum Gasteiger partial charge on any atom is -0.496 e. The summed E-state index contributed by atoms with van der Waals surface area (Å²) < 4.78 is 56.1. The van der Waals surface area contributed by atoms with Gasteiger partial charge in [-0.05, 0) is 86.2 Å². The molecule has 8 nitrogen and oxygen atoms in total. The van der Waals surface area contributed by atoms with Crippen LogP contribution in [0.25, 0.3) is 0 Å². The summed E-state index contributed by atoms with van der Waals surface area (Å²) in [4.78, 5) is 37.3. The Morgan fingerprint density at radius 1 is 1.02 bits per heavy atom. The smallest absolute Gasteiger partial charge is 0.419 e. The number of esters is 1. The largest absolute Gasteiger partial charge is 0.496 e. The van der Waals surface area contributed by atoms with Gasteiger partial charge < -0.3 is 24.6 Å². The van der Waals surface area contributed by atoms with E-state index in [0.29, 0.717) is 42.6 Å². The Kier molecular flexibility index (Phi) is 12.9. The number of carbonyl (C=O) groups is 3. The number of halogens is 3. The van der Waals surface area contributed by atoms with Crippen LogP contribution < -0.4 is 14.8 Å². The van der Waals surface area contributed by atoms with Crippen molar-refractivity contribution < 1.29 is 46.9 Å². The van der Waals surface area contributed by atoms with E-state index in [1.807, 2.05) is 0 Å². The number of alkyl halides is 3. The number of carboxylic acid groups (broad SMARTS) is 1. The molecule has 11 heteroatoms. The Labute approximate surface area is 254 Å². The van der Waals surface area contributed by atoms with Gasteiger partial charge in [0.2, 0.25) is 0 Å². The summed E-state index contributed by atoms with van der Waals surface area (Å²) in [5.74, 6) is -2.64. The predicted octanol–water partition coefficient (Wildman–Crippen LogP) is 7.34. The second kappa shape index (κ2) is 16.5. The van der Waals surface area contributed by atoms with Gasteiger partial charge in [0.1, 0.15) is 23.3 Å². The number of benzene rings is 2. The van der Waals surface area contributed by atoms with Gasteiger partial charge in [0.05, 0.1) is 24.8 Å². The van der Waals surface area contributed by atoms with E-state index in [1.165, 1.54) is 19.3 Å². The predicted molar refractivity (Wildman–Crippen MR) is 158 cm³/mol. The van der Waals surface area contributed by atoms with Gasteiger partial charge in [-0.1, -0.05) is 38.7 Å². The van der Waals surface area contributed by atoms with Crippen molar-refractivity contribution in [3.63, 3.8) is 0 Å². The Hall–Kier alpha value is -4.28. The Morgan fingerprint density at radius 2 is 1.73 bits per heavy atom. The number of methoxy groups -OCH3 is 1. The number of allylic oxidation sites excluding steroid dienone is 3. The molecule has 2 aromatic rings. The number of unbranched alkanes of at least 4 members (excludes halogenated alkanes) is 4. The van der Waals surface area contributed by atoms with Crippen molar-refractivity contribution in [2.24, 2.45) is 5.92 Å². The number of amides is 1. The van der Waals surface area contributed by atoms with Crippen LogP contribution in [0, 0.1) is 5.92 Å². The third kappa shape index (κ3) is 10.5. The topological polar surface area (TPSA) is 111 Å². The first kappa shape index (κ1) is 34.2. The maximum absolute atomic E-state index is 13.4. The zero-order valence-electron chi connectivity index (χ0n) is 24.8. The van der Waals surface area contributed by atoms with E-state index in [2.05, 4.69) is 12.2 Å². The summed E-state index contributed by atoms with van der Waals surface area (Å²) in [6, 6.07) is 8.08. The average molecular weight is 618 g/mol. The normalized spacial score (nSPS) is 15.5. The molecule has 1 aliphatic carbocycles. The van der Waals surface area contributed by atoms with Crippen LogP contribution in [0.1, 0.15) is 84.6 Å². The average Bonchev–Trinajstić information content (AvgIpc) is 3.22. The lowest BCUT2D eigenvalue weighted by molar-refractivity contribution is -0.140. The van der Waals surface area contributed by atoms with Crippen LogP contribution in [0.5, 0.6) is 11.5 Å². The molecule has 0 fully saturated rings. The van der Waals surface area contributed by atoms with Crippen molar-refractivity contribution >= 4 is 17.8 Å². The zero-order valence-corrected chi connectivity index (χ0v) is 24.8. The first-order chi connectivity index (χ1) is 21.0. The monoisotopic (exact) mass is 617 g/mol. The summed E-state index contributed by atoms with van der Waals surface area (Å²) in [5, 5.41) is 12.0. The summed E-state index contributed by atoms with van der Waals surface area (Å²) in [7, 11) is 1.08. The third-order valence-corrected chi connectivity index (χ3v) is 7.14. The van der Waals surface area contributed by atoms with Crippen LogP contribution in [-0.4, -0.2) is 42.7 Å².